The summed E-state index contributed by atoms with van der Waals surface area (Å²) in [5.74, 6) is 0.627. The van der Waals surface area contributed by atoms with Crippen molar-refractivity contribution >= 4 is 11.8 Å². The zero-order chi connectivity index (χ0) is 13.7. The Kier molecular flexibility index (Phi) is 4.57. The van der Waals surface area contributed by atoms with Crippen LogP contribution in [0.4, 0.5) is 0 Å². The molecule has 1 aromatic heterocycles. The molecule has 0 aliphatic heterocycles. The van der Waals surface area contributed by atoms with E-state index in [0.29, 0.717) is 5.82 Å². The standard InChI is InChI=1S/C13H15N3O2S/c1-17-12-14-11(15-13(16-12)18-2)10(19-3)9-7-5-4-6-8-9/h4-8,10H,1-3H3. The maximum absolute atomic E-state index is 5.08. The highest BCUT2D eigenvalue weighted by Gasteiger charge is 2.18. The Morgan fingerprint density at radius 1 is 0.947 bits per heavy atom. The topological polar surface area (TPSA) is 57.1 Å². The minimum atomic E-state index is 0.0204. The SMILES string of the molecule is COc1nc(OC)nc(C(SC)c2ccccc2)n1. The van der Waals surface area contributed by atoms with Gasteiger partial charge in [-0.3, -0.25) is 0 Å². The van der Waals surface area contributed by atoms with Gasteiger partial charge < -0.3 is 9.47 Å². The van der Waals surface area contributed by atoms with Crippen LogP contribution in [0.1, 0.15) is 16.6 Å². The van der Waals surface area contributed by atoms with E-state index in [1.807, 2.05) is 36.6 Å². The third-order valence-electron chi connectivity index (χ3n) is 2.55. The number of aromatic nitrogens is 3. The predicted octanol–water partition coefficient (Wildman–Crippen LogP) is 2.34. The third kappa shape index (κ3) is 3.14. The first-order valence-electron chi connectivity index (χ1n) is 5.70. The number of thioether (sulfide) groups is 1. The molecule has 0 aliphatic carbocycles. The number of nitrogens with zero attached hydrogens (tertiary/aromatic N) is 3. The van der Waals surface area contributed by atoms with Crippen molar-refractivity contribution < 1.29 is 9.47 Å². The monoisotopic (exact) mass is 277 g/mol. The van der Waals surface area contributed by atoms with Gasteiger partial charge in [-0.1, -0.05) is 30.3 Å². The zero-order valence-corrected chi connectivity index (χ0v) is 11.8. The van der Waals surface area contributed by atoms with Crippen LogP contribution in [0.2, 0.25) is 0 Å². The summed E-state index contributed by atoms with van der Waals surface area (Å²) in [6, 6.07) is 10.6. The number of ether oxygens (including phenoxy) is 2. The average molecular weight is 277 g/mol. The van der Waals surface area contributed by atoms with Crippen LogP contribution in [0.5, 0.6) is 12.0 Å². The van der Waals surface area contributed by atoms with Gasteiger partial charge in [0.25, 0.3) is 0 Å². The van der Waals surface area contributed by atoms with Gasteiger partial charge in [0.15, 0.2) is 5.82 Å². The molecule has 1 aromatic carbocycles. The van der Waals surface area contributed by atoms with Crippen molar-refractivity contribution in [1.82, 2.24) is 15.0 Å². The van der Waals surface area contributed by atoms with E-state index in [1.54, 1.807) is 11.8 Å². The molecule has 0 fully saturated rings. The van der Waals surface area contributed by atoms with Crippen molar-refractivity contribution in [2.75, 3.05) is 20.5 Å². The number of hydrogen-bond acceptors (Lipinski definition) is 6. The van der Waals surface area contributed by atoms with Gasteiger partial charge in [-0.05, 0) is 11.8 Å². The first-order valence-corrected chi connectivity index (χ1v) is 6.99. The Hall–Kier alpha value is -1.82. The van der Waals surface area contributed by atoms with Crippen molar-refractivity contribution in [3.63, 3.8) is 0 Å². The van der Waals surface area contributed by atoms with Crippen LogP contribution in [0.3, 0.4) is 0 Å². The largest absolute Gasteiger partial charge is 0.467 e. The fourth-order valence-electron chi connectivity index (χ4n) is 1.67. The van der Waals surface area contributed by atoms with E-state index in [9.17, 15) is 0 Å². The molecule has 1 heterocycles. The fourth-order valence-corrected chi connectivity index (χ4v) is 2.42. The molecule has 0 N–H and O–H groups in total. The van der Waals surface area contributed by atoms with Crippen LogP contribution < -0.4 is 9.47 Å². The second-order valence-electron chi connectivity index (χ2n) is 3.69. The molecule has 5 nitrogen and oxygen atoms in total. The molecule has 100 valence electrons. The van der Waals surface area contributed by atoms with Crippen molar-refractivity contribution in [2.24, 2.45) is 0 Å². The van der Waals surface area contributed by atoms with E-state index >= 15 is 0 Å². The molecule has 0 saturated carbocycles. The molecule has 0 saturated heterocycles. The summed E-state index contributed by atoms with van der Waals surface area (Å²) in [7, 11) is 3.05. The number of hydrogen-bond donors (Lipinski definition) is 0. The lowest BCUT2D eigenvalue weighted by molar-refractivity contribution is 0.336. The van der Waals surface area contributed by atoms with Crippen LogP contribution in [0.25, 0.3) is 0 Å². The van der Waals surface area contributed by atoms with Crippen LogP contribution in [0, 0.1) is 0 Å². The highest BCUT2D eigenvalue weighted by Crippen LogP contribution is 2.32. The first kappa shape index (κ1) is 13.6. The van der Waals surface area contributed by atoms with Gasteiger partial charge in [-0.15, -0.1) is 16.7 Å². The lowest BCUT2D eigenvalue weighted by atomic mass is 10.1. The Morgan fingerprint density at radius 3 is 2.00 bits per heavy atom. The number of benzene rings is 1. The minimum absolute atomic E-state index is 0.0204. The molecule has 19 heavy (non-hydrogen) atoms. The summed E-state index contributed by atoms with van der Waals surface area (Å²) in [5, 5.41) is 0.0204. The first-order chi connectivity index (χ1) is 9.28. The quantitative estimate of drug-likeness (QED) is 0.836. The van der Waals surface area contributed by atoms with E-state index in [-0.39, 0.29) is 17.3 Å². The summed E-state index contributed by atoms with van der Waals surface area (Å²) in [6.07, 6.45) is 2.01. The molecule has 0 aliphatic rings. The molecule has 1 atom stereocenters. The van der Waals surface area contributed by atoms with Crippen molar-refractivity contribution in [3.05, 3.63) is 41.7 Å². The predicted molar refractivity (Wildman–Crippen MR) is 74.7 cm³/mol. The molecular weight excluding hydrogens is 262 g/mol. The molecule has 0 radical (unpaired) electrons. The van der Waals surface area contributed by atoms with Crippen molar-refractivity contribution in [3.8, 4) is 12.0 Å². The normalized spacial score (nSPS) is 11.9. The van der Waals surface area contributed by atoms with Crippen LogP contribution in [-0.2, 0) is 0 Å². The van der Waals surface area contributed by atoms with Gasteiger partial charge in [0.1, 0.15) is 0 Å². The van der Waals surface area contributed by atoms with Gasteiger partial charge in [0, 0.05) is 0 Å². The van der Waals surface area contributed by atoms with Crippen LogP contribution >= 0.6 is 11.8 Å². The fraction of sp³-hybridized carbons (Fsp3) is 0.308. The Morgan fingerprint density at radius 2 is 1.53 bits per heavy atom. The summed E-state index contributed by atoms with van der Waals surface area (Å²) >= 11 is 1.65. The number of rotatable bonds is 5. The summed E-state index contributed by atoms with van der Waals surface area (Å²) < 4.78 is 10.2. The Labute approximate surface area is 116 Å². The molecule has 0 bridgehead atoms. The highest BCUT2D eigenvalue weighted by molar-refractivity contribution is 7.99. The molecular formula is C13H15N3O2S. The van der Waals surface area contributed by atoms with Gasteiger partial charge in [-0.2, -0.15) is 9.97 Å². The van der Waals surface area contributed by atoms with E-state index in [2.05, 4.69) is 15.0 Å². The second kappa shape index (κ2) is 6.38. The maximum atomic E-state index is 5.08. The molecule has 2 aromatic rings. The van der Waals surface area contributed by atoms with Crippen molar-refractivity contribution in [1.29, 1.82) is 0 Å². The van der Waals surface area contributed by atoms with Gasteiger partial charge >= 0.3 is 12.0 Å². The molecule has 1 unspecified atom stereocenters. The zero-order valence-electron chi connectivity index (χ0n) is 11.0. The molecule has 0 spiro atoms. The summed E-state index contributed by atoms with van der Waals surface area (Å²) in [4.78, 5) is 12.6. The van der Waals surface area contributed by atoms with Crippen LogP contribution in [-0.4, -0.2) is 35.4 Å². The molecule has 0 amide bonds. The lowest BCUT2D eigenvalue weighted by Gasteiger charge is -2.14. The summed E-state index contributed by atoms with van der Waals surface area (Å²) in [5.41, 5.74) is 1.13. The lowest BCUT2D eigenvalue weighted by Crippen LogP contribution is -2.07. The van der Waals surface area contributed by atoms with Crippen molar-refractivity contribution in [2.45, 2.75) is 5.25 Å². The van der Waals surface area contributed by atoms with Gasteiger partial charge in [-0.25, -0.2) is 0 Å². The Balaban J connectivity index is 2.43. The third-order valence-corrected chi connectivity index (χ3v) is 3.50. The van der Waals surface area contributed by atoms with Gasteiger partial charge in [0.05, 0.1) is 19.5 Å². The van der Waals surface area contributed by atoms with E-state index in [0.717, 1.165) is 5.56 Å². The van der Waals surface area contributed by atoms with Gasteiger partial charge in [0.2, 0.25) is 0 Å². The van der Waals surface area contributed by atoms with E-state index < -0.39 is 0 Å². The maximum Gasteiger partial charge on any atom is 0.322 e. The molecule has 2 rings (SSSR count). The number of methoxy groups -OCH3 is 2. The minimum Gasteiger partial charge on any atom is -0.467 e. The summed E-state index contributed by atoms with van der Waals surface area (Å²) in [6.45, 7) is 0. The smallest absolute Gasteiger partial charge is 0.322 e. The van der Waals surface area contributed by atoms with E-state index in [4.69, 9.17) is 9.47 Å². The second-order valence-corrected chi connectivity index (χ2v) is 4.64. The average Bonchev–Trinajstić information content (AvgIpc) is 2.48. The van der Waals surface area contributed by atoms with E-state index in [1.165, 1.54) is 14.2 Å². The highest BCUT2D eigenvalue weighted by atomic mass is 32.2. The molecule has 6 heteroatoms. The Bertz CT molecular complexity index is 514. The van der Waals surface area contributed by atoms with Crippen LogP contribution in [0.15, 0.2) is 30.3 Å².